The van der Waals surface area contributed by atoms with Crippen LogP contribution in [0.25, 0.3) is 0 Å². The summed E-state index contributed by atoms with van der Waals surface area (Å²) in [6.45, 7) is -0.588. The molecule has 0 unspecified atom stereocenters. The summed E-state index contributed by atoms with van der Waals surface area (Å²) in [6, 6.07) is 4.23. The zero-order valence-corrected chi connectivity index (χ0v) is 10.8. The third-order valence-electron chi connectivity index (χ3n) is 2.27. The molecule has 0 aliphatic heterocycles. The van der Waals surface area contributed by atoms with E-state index in [1.165, 1.54) is 32.3 Å². The third-order valence-corrected chi connectivity index (χ3v) is 4.14. The van der Waals surface area contributed by atoms with Crippen molar-refractivity contribution in [3.05, 3.63) is 18.2 Å². The van der Waals surface area contributed by atoms with Gasteiger partial charge in [-0.05, 0) is 12.1 Å². The number of nitrogens with zero attached hydrogens (tertiary/aromatic N) is 1. The van der Waals surface area contributed by atoms with E-state index >= 15 is 0 Å². The first-order valence-corrected chi connectivity index (χ1v) is 6.54. The van der Waals surface area contributed by atoms with Gasteiger partial charge in [-0.1, -0.05) is 6.07 Å². The summed E-state index contributed by atoms with van der Waals surface area (Å²) in [4.78, 5) is -0.105. The van der Waals surface area contributed by atoms with Crippen molar-refractivity contribution in [2.45, 2.75) is 11.3 Å². The highest BCUT2D eigenvalue weighted by Crippen LogP contribution is 2.28. The Morgan fingerprint density at radius 1 is 1.39 bits per heavy atom. The Hall–Kier alpha value is -1.41. The summed E-state index contributed by atoms with van der Waals surface area (Å²) < 4.78 is 49.0. The first kappa shape index (κ1) is 14.7. The Morgan fingerprint density at radius 2 is 2.00 bits per heavy atom. The minimum Gasteiger partial charge on any atom is -0.396 e. The molecule has 0 aliphatic carbocycles. The molecule has 0 aliphatic rings. The molecule has 0 heterocycles. The molecular formula is C10H15F2N3O2S. The van der Waals surface area contributed by atoms with Crippen molar-refractivity contribution in [2.75, 3.05) is 31.7 Å². The van der Waals surface area contributed by atoms with Gasteiger partial charge in [0.15, 0.2) is 0 Å². The van der Waals surface area contributed by atoms with Gasteiger partial charge < -0.3 is 11.1 Å². The number of alkyl halides is 2. The molecule has 1 aromatic rings. The van der Waals surface area contributed by atoms with E-state index in [-0.39, 0.29) is 16.3 Å². The number of para-hydroxylation sites is 1. The van der Waals surface area contributed by atoms with Gasteiger partial charge in [-0.25, -0.2) is 21.5 Å². The molecule has 1 rings (SSSR count). The lowest BCUT2D eigenvalue weighted by molar-refractivity contribution is 0.163. The van der Waals surface area contributed by atoms with Crippen LogP contribution in [-0.2, 0) is 10.0 Å². The van der Waals surface area contributed by atoms with Gasteiger partial charge in [0.25, 0.3) is 6.43 Å². The second-order valence-corrected chi connectivity index (χ2v) is 5.90. The standard InChI is InChI=1S/C10H15F2N3O2S/c1-15(2)18(16,17)8-5-3-4-7(10(8)13)14-6-9(11)12/h3-5,9,14H,6,13H2,1-2H3. The third kappa shape index (κ3) is 3.08. The molecule has 0 bridgehead atoms. The summed E-state index contributed by atoms with van der Waals surface area (Å²) in [7, 11) is -0.950. The van der Waals surface area contributed by atoms with Gasteiger partial charge in [-0.2, -0.15) is 0 Å². The van der Waals surface area contributed by atoms with E-state index in [0.717, 1.165) is 4.31 Å². The highest BCUT2D eigenvalue weighted by molar-refractivity contribution is 7.89. The van der Waals surface area contributed by atoms with E-state index in [0.29, 0.717) is 0 Å². The van der Waals surface area contributed by atoms with E-state index in [2.05, 4.69) is 5.32 Å². The molecule has 0 fully saturated rings. The Kier molecular flexibility index (Phi) is 4.47. The number of hydrogen-bond acceptors (Lipinski definition) is 4. The summed E-state index contributed by atoms with van der Waals surface area (Å²) in [5.41, 5.74) is 5.80. The van der Waals surface area contributed by atoms with Gasteiger partial charge in [0.1, 0.15) is 4.90 Å². The first-order chi connectivity index (χ1) is 8.26. The van der Waals surface area contributed by atoms with Crippen LogP contribution in [0, 0.1) is 0 Å². The number of halogens is 2. The normalized spacial score (nSPS) is 12.1. The molecule has 0 amide bonds. The Balaban J connectivity index is 3.14. The van der Waals surface area contributed by atoms with Gasteiger partial charge in [0.2, 0.25) is 10.0 Å². The Labute approximate surface area is 105 Å². The highest BCUT2D eigenvalue weighted by atomic mass is 32.2. The minimum absolute atomic E-state index is 0.0631. The number of anilines is 2. The molecule has 5 nitrogen and oxygen atoms in total. The van der Waals surface area contributed by atoms with Crippen LogP contribution in [0.2, 0.25) is 0 Å². The molecule has 0 saturated heterocycles. The molecule has 18 heavy (non-hydrogen) atoms. The highest BCUT2D eigenvalue weighted by Gasteiger charge is 2.21. The number of nitrogens with two attached hydrogens (primary N) is 1. The van der Waals surface area contributed by atoms with Crippen LogP contribution in [0.4, 0.5) is 20.2 Å². The predicted molar refractivity (Wildman–Crippen MR) is 66.2 cm³/mol. The molecule has 102 valence electrons. The predicted octanol–water partition coefficient (Wildman–Crippen LogP) is 1.20. The summed E-state index contributed by atoms with van der Waals surface area (Å²) >= 11 is 0. The van der Waals surface area contributed by atoms with Crippen molar-refractivity contribution in [1.82, 2.24) is 4.31 Å². The maximum atomic E-state index is 12.1. The fourth-order valence-corrected chi connectivity index (χ4v) is 2.34. The summed E-state index contributed by atoms with van der Waals surface area (Å²) in [5, 5.41) is 2.41. The monoisotopic (exact) mass is 279 g/mol. The average molecular weight is 279 g/mol. The molecule has 0 atom stereocenters. The number of nitrogens with one attached hydrogen (secondary N) is 1. The van der Waals surface area contributed by atoms with Crippen molar-refractivity contribution in [1.29, 1.82) is 0 Å². The quantitative estimate of drug-likeness (QED) is 0.794. The van der Waals surface area contributed by atoms with Gasteiger partial charge in [0, 0.05) is 14.1 Å². The van der Waals surface area contributed by atoms with E-state index in [1.807, 2.05) is 0 Å². The molecular weight excluding hydrogens is 264 g/mol. The summed E-state index contributed by atoms with van der Waals surface area (Å²) in [6.07, 6.45) is -2.54. The molecule has 1 aromatic carbocycles. The van der Waals surface area contributed by atoms with Crippen molar-refractivity contribution >= 4 is 21.4 Å². The smallest absolute Gasteiger partial charge is 0.255 e. The fourth-order valence-electron chi connectivity index (χ4n) is 1.31. The van der Waals surface area contributed by atoms with Gasteiger partial charge in [-0.3, -0.25) is 0 Å². The number of rotatable bonds is 5. The van der Waals surface area contributed by atoms with Crippen molar-refractivity contribution in [2.24, 2.45) is 0 Å². The number of benzene rings is 1. The van der Waals surface area contributed by atoms with Gasteiger partial charge in [-0.15, -0.1) is 0 Å². The topological polar surface area (TPSA) is 75.4 Å². The van der Waals surface area contributed by atoms with Crippen molar-refractivity contribution < 1.29 is 17.2 Å². The molecule has 0 aromatic heterocycles. The summed E-state index contributed by atoms with van der Waals surface area (Å²) in [5.74, 6) is 0. The van der Waals surface area contributed by atoms with Crippen LogP contribution in [0.15, 0.2) is 23.1 Å². The largest absolute Gasteiger partial charge is 0.396 e. The van der Waals surface area contributed by atoms with Crippen molar-refractivity contribution in [3.63, 3.8) is 0 Å². The van der Waals surface area contributed by atoms with Gasteiger partial charge >= 0.3 is 0 Å². The van der Waals surface area contributed by atoms with E-state index < -0.39 is 23.0 Å². The molecule has 8 heteroatoms. The van der Waals surface area contributed by atoms with Crippen molar-refractivity contribution in [3.8, 4) is 0 Å². The SMILES string of the molecule is CN(C)S(=O)(=O)c1cccc(NCC(F)F)c1N. The lowest BCUT2D eigenvalue weighted by Crippen LogP contribution is -2.23. The van der Waals surface area contributed by atoms with Crippen LogP contribution in [0.5, 0.6) is 0 Å². The first-order valence-electron chi connectivity index (χ1n) is 5.10. The van der Waals surface area contributed by atoms with Crippen LogP contribution in [0.1, 0.15) is 0 Å². The van der Waals surface area contributed by atoms with Crippen LogP contribution in [0.3, 0.4) is 0 Å². The Bertz CT molecular complexity index is 518. The fraction of sp³-hybridized carbons (Fsp3) is 0.400. The van der Waals surface area contributed by atoms with Crippen LogP contribution >= 0.6 is 0 Å². The average Bonchev–Trinajstić information content (AvgIpc) is 2.27. The molecule has 3 N–H and O–H groups in total. The van der Waals surface area contributed by atoms with E-state index in [9.17, 15) is 17.2 Å². The maximum Gasteiger partial charge on any atom is 0.255 e. The van der Waals surface area contributed by atoms with E-state index in [1.54, 1.807) is 0 Å². The number of sulfonamides is 1. The van der Waals surface area contributed by atoms with Crippen LogP contribution < -0.4 is 11.1 Å². The molecule has 0 spiro atoms. The molecule has 0 saturated carbocycles. The zero-order valence-electron chi connectivity index (χ0n) is 10.0. The van der Waals surface area contributed by atoms with E-state index in [4.69, 9.17) is 5.73 Å². The minimum atomic E-state index is -3.69. The lowest BCUT2D eigenvalue weighted by Gasteiger charge is -2.16. The zero-order chi connectivity index (χ0) is 13.9. The number of hydrogen-bond donors (Lipinski definition) is 2. The second kappa shape index (κ2) is 5.49. The van der Waals surface area contributed by atoms with Crippen LogP contribution in [-0.4, -0.2) is 39.8 Å². The maximum absolute atomic E-state index is 12.1. The van der Waals surface area contributed by atoms with Gasteiger partial charge in [0.05, 0.1) is 17.9 Å². The second-order valence-electron chi connectivity index (χ2n) is 3.78. The molecule has 0 radical (unpaired) electrons. The lowest BCUT2D eigenvalue weighted by atomic mass is 10.2. The number of nitrogen functional groups attached to an aromatic ring is 1. The Morgan fingerprint density at radius 3 is 2.50 bits per heavy atom.